The fourth-order valence-corrected chi connectivity index (χ4v) is 1.92. The van der Waals surface area contributed by atoms with Crippen molar-refractivity contribution in [2.75, 3.05) is 13.3 Å². The van der Waals surface area contributed by atoms with Crippen LogP contribution in [0, 0.1) is 6.92 Å². The Morgan fingerprint density at radius 1 is 1.47 bits per heavy atom. The predicted molar refractivity (Wildman–Crippen MR) is 64.2 cm³/mol. The maximum atomic E-state index is 11.8. The molecule has 0 aliphatic carbocycles. The topological polar surface area (TPSA) is 67.6 Å². The largest absolute Gasteiger partial charge is 0.464 e. The molecule has 0 aromatic carbocycles. The van der Waals surface area contributed by atoms with Crippen molar-refractivity contribution in [3.8, 4) is 0 Å². The molecule has 96 valence electrons. The van der Waals surface area contributed by atoms with Crippen LogP contribution in [0.1, 0.15) is 18.4 Å². The summed E-state index contributed by atoms with van der Waals surface area (Å²) < 4.78 is 27.9. The van der Waals surface area contributed by atoms with E-state index in [-0.39, 0.29) is 6.54 Å². The van der Waals surface area contributed by atoms with Crippen molar-refractivity contribution >= 4 is 15.7 Å². The molecule has 1 aromatic rings. The van der Waals surface area contributed by atoms with Crippen molar-refractivity contribution < 1.29 is 17.6 Å². The molecule has 0 saturated carbocycles. The third-order valence-corrected chi connectivity index (χ3v) is 4.04. The Kier molecular flexibility index (Phi) is 3.98. The number of hydrogen-bond acceptors (Lipinski definition) is 4. The first kappa shape index (κ1) is 13.8. The molecule has 17 heavy (non-hydrogen) atoms. The van der Waals surface area contributed by atoms with Gasteiger partial charge in [-0.15, -0.1) is 0 Å². The van der Waals surface area contributed by atoms with E-state index in [0.29, 0.717) is 5.76 Å². The number of rotatable bonds is 4. The van der Waals surface area contributed by atoms with Crippen molar-refractivity contribution in [3.63, 3.8) is 0 Å². The van der Waals surface area contributed by atoms with E-state index in [1.54, 1.807) is 19.2 Å². The smallest absolute Gasteiger partial charge is 0.240 e. The van der Waals surface area contributed by atoms with Crippen molar-refractivity contribution in [1.82, 2.24) is 4.90 Å². The molecule has 5 nitrogen and oxygen atoms in total. The molecule has 1 heterocycles. The van der Waals surface area contributed by atoms with Gasteiger partial charge >= 0.3 is 0 Å². The van der Waals surface area contributed by atoms with Crippen LogP contribution in [0.4, 0.5) is 0 Å². The van der Waals surface area contributed by atoms with E-state index >= 15 is 0 Å². The average Bonchev–Trinajstić information content (AvgIpc) is 2.60. The zero-order valence-electron chi connectivity index (χ0n) is 10.4. The first-order valence-corrected chi connectivity index (χ1v) is 7.16. The molecule has 0 aliphatic rings. The van der Waals surface area contributed by atoms with Crippen molar-refractivity contribution in [2.45, 2.75) is 25.6 Å². The molecule has 0 N–H and O–H groups in total. The number of carbonyl (C=O) groups excluding carboxylic acids is 1. The van der Waals surface area contributed by atoms with Gasteiger partial charge in [-0.05, 0) is 26.0 Å². The second kappa shape index (κ2) is 4.91. The molecule has 0 radical (unpaired) electrons. The number of furan rings is 1. The average molecular weight is 259 g/mol. The third-order valence-electron chi connectivity index (χ3n) is 2.56. The number of nitrogens with zero attached hydrogens (tertiary/aromatic N) is 1. The van der Waals surface area contributed by atoms with E-state index in [4.69, 9.17) is 4.42 Å². The lowest BCUT2D eigenvalue weighted by Crippen LogP contribution is -2.38. The zero-order chi connectivity index (χ0) is 13.2. The van der Waals surface area contributed by atoms with Gasteiger partial charge in [-0.25, -0.2) is 8.42 Å². The van der Waals surface area contributed by atoms with Gasteiger partial charge in [0.1, 0.15) is 16.8 Å². The van der Waals surface area contributed by atoms with Gasteiger partial charge in [-0.2, -0.15) is 0 Å². The quantitative estimate of drug-likeness (QED) is 0.808. The number of amides is 1. The summed E-state index contributed by atoms with van der Waals surface area (Å²) in [7, 11) is -1.80. The fourth-order valence-electron chi connectivity index (χ4n) is 1.38. The summed E-state index contributed by atoms with van der Waals surface area (Å²) in [5, 5.41) is -1.02. The molecule has 1 amide bonds. The molecule has 6 heteroatoms. The van der Waals surface area contributed by atoms with Crippen LogP contribution in [-0.4, -0.2) is 37.8 Å². The van der Waals surface area contributed by atoms with Crippen LogP contribution in [0.5, 0.6) is 0 Å². The van der Waals surface area contributed by atoms with Gasteiger partial charge < -0.3 is 9.32 Å². The monoisotopic (exact) mass is 259 g/mol. The molecule has 0 spiro atoms. The van der Waals surface area contributed by atoms with Gasteiger partial charge in [0.2, 0.25) is 5.91 Å². The second-order valence-electron chi connectivity index (χ2n) is 4.18. The van der Waals surface area contributed by atoms with Crippen LogP contribution in [0.25, 0.3) is 0 Å². The van der Waals surface area contributed by atoms with Crippen LogP contribution in [0.2, 0.25) is 0 Å². The van der Waals surface area contributed by atoms with Gasteiger partial charge in [0.15, 0.2) is 9.84 Å². The lowest BCUT2D eigenvalue weighted by atomic mass is 10.3. The maximum absolute atomic E-state index is 11.8. The zero-order valence-corrected chi connectivity index (χ0v) is 11.2. The van der Waals surface area contributed by atoms with Crippen molar-refractivity contribution in [2.24, 2.45) is 0 Å². The highest BCUT2D eigenvalue weighted by molar-refractivity contribution is 7.92. The van der Waals surface area contributed by atoms with E-state index in [1.165, 1.54) is 11.8 Å². The van der Waals surface area contributed by atoms with Gasteiger partial charge in [0.25, 0.3) is 0 Å². The summed E-state index contributed by atoms with van der Waals surface area (Å²) in [4.78, 5) is 13.2. The Labute approximate surface area is 101 Å². The normalized spacial score (nSPS) is 13.4. The number of carbonyl (C=O) groups is 1. The van der Waals surface area contributed by atoms with Gasteiger partial charge in [0.05, 0.1) is 6.54 Å². The highest BCUT2D eigenvalue weighted by Crippen LogP contribution is 2.11. The fraction of sp³-hybridized carbons (Fsp3) is 0.545. The Hall–Kier alpha value is -1.30. The minimum atomic E-state index is -3.36. The van der Waals surface area contributed by atoms with Crippen LogP contribution < -0.4 is 0 Å². The highest BCUT2D eigenvalue weighted by atomic mass is 32.2. The predicted octanol–water partition coefficient (Wildman–Crippen LogP) is 0.980. The Bertz CT molecular complexity index is 503. The van der Waals surface area contributed by atoms with Crippen molar-refractivity contribution in [1.29, 1.82) is 0 Å². The standard InChI is InChI=1S/C11H17NO4S/c1-8-5-6-10(16-8)7-12(3)11(13)9(2)17(4,14)15/h5-6,9H,7H2,1-4H3/t9-/m1/s1. The van der Waals surface area contributed by atoms with E-state index < -0.39 is 21.0 Å². The Balaban J connectivity index is 2.71. The Morgan fingerprint density at radius 2 is 2.06 bits per heavy atom. The molecular weight excluding hydrogens is 242 g/mol. The third kappa shape index (κ3) is 3.59. The maximum Gasteiger partial charge on any atom is 0.240 e. The van der Waals surface area contributed by atoms with Crippen LogP contribution in [0.3, 0.4) is 0 Å². The van der Waals surface area contributed by atoms with Gasteiger partial charge in [-0.3, -0.25) is 4.79 Å². The molecule has 1 rings (SSSR count). The van der Waals surface area contributed by atoms with Crippen LogP contribution >= 0.6 is 0 Å². The summed E-state index contributed by atoms with van der Waals surface area (Å²) in [6.45, 7) is 3.47. The van der Waals surface area contributed by atoms with Crippen LogP contribution in [0.15, 0.2) is 16.5 Å². The van der Waals surface area contributed by atoms with E-state index in [2.05, 4.69) is 0 Å². The molecule has 0 fully saturated rings. The number of hydrogen-bond donors (Lipinski definition) is 0. The summed E-state index contributed by atoms with van der Waals surface area (Å²) in [6.07, 6.45) is 1.06. The van der Waals surface area contributed by atoms with Gasteiger partial charge in [0, 0.05) is 13.3 Å². The van der Waals surface area contributed by atoms with E-state index in [9.17, 15) is 13.2 Å². The summed E-state index contributed by atoms with van der Waals surface area (Å²) in [6, 6.07) is 3.57. The molecular formula is C11H17NO4S. The molecule has 0 saturated heterocycles. The van der Waals surface area contributed by atoms with Crippen LogP contribution in [-0.2, 0) is 21.2 Å². The Morgan fingerprint density at radius 3 is 2.47 bits per heavy atom. The molecule has 0 bridgehead atoms. The molecule has 0 aliphatic heterocycles. The first-order valence-electron chi connectivity index (χ1n) is 5.21. The van der Waals surface area contributed by atoms with E-state index in [0.717, 1.165) is 12.0 Å². The SMILES string of the molecule is Cc1ccc(CN(C)C(=O)[C@@H](C)S(C)(=O)=O)o1. The lowest BCUT2D eigenvalue weighted by molar-refractivity contribution is -0.129. The molecule has 1 atom stereocenters. The summed E-state index contributed by atoms with van der Waals surface area (Å²) >= 11 is 0. The van der Waals surface area contributed by atoms with E-state index in [1.807, 2.05) is 6.92 Å². The minimum absolute atomic E-state index is 0.270. The number of sulfone groups is 1. The number of aryl methyl sites for hydroxylation is 1. The molecule has 1 aromatic heterocycles. The summed E-state index contributed by atoms with van der Waals surface area (Å²) in [5.41, 5.74) is 0. The van der Waals surface area contributed by atoms with Gasteiger partial charge in [-0.1, -0.05) is 0 Å². The lowest BCUT2D eigenvalue weighted by Gasteiger charge is -2.19. The minimum Gasteiger partial charge on any atom is -0.464 e. The highest BCUT2D eigenvalue weighted by Gasteiger charge is 2.26. The first-order chi connectivity index (χ1) is 7.71. The van der Waals surface area contributed by atoms with Crippen molar-refractivity contribution in [3.05, 3.63) is 23.7 Å². The molecule has 0 unspecified atom stereocenters. The second-order valence-corrected chi connectivity index (χ2v) is 6.54. The summed E-state index contributed by atoms with van der Waals surface area (Å²) in [5.74, 6) is 0.970.